The second kappa shape index (κ2) is 10.2. The van der Waals surface area contributed by atoms with Gasteiger partial charge in [0.15, 0.2) is 11.5 Å². The monoisotopic (exact) mass is 367 g/mol. The van der Waals surface area contributed by atoms with Gasteiger partial charge in [-0.25, -0.2) is 4.39 Å². The first-order valence-electron chi connectivity index (χ1n) is 8.28. The molecule has 0 radical (unpaired) electrons. The van der Waals surface area contributed by atoms with E-state index in [1.54, 1.807) is 12.1 Å². The van der Waals surface area contributed by atoms with E-state index in [1.807, 2.05) is 19.1 Å². The van der Waals surface area contributed by atoms with E-state index in [2.05, 4.69) is 5.32 Å². The van der Waals surface area contributed by atoms with E-state index in [0.29, 0.717) is 36.1 Å². The minimum Gasteiger partial charge on any atom is -0.490 e. The predicted octanol–water partition coefficient (Wildman–Crippen LogP) is 3.93. The lowest BCUT2D eigenvalue weighted by Gasteiger charge is -2.15. The van der Waals surface area contributed by atoms with Crippen LogP contribution in [0.1, 0.15) is 24.5 Å². The number of hydrogen-bond acceptors (Lipinski definition) is 4. The van der Waals surface area contributed by atoms with Crippen molar-refractivity contribution in [2.24, 2.45) is 0 Å². The lowest BCUT2D eigenvalue weighted by Crippen LogP contribution is -2.15. The van der Waals surface area contributed by atoms with Crippen LogP contribution < -0.4 is 14.8 Å². The van der Waals surface area contributed by atoms with Gasteiger partial charge in [0.25, 0.3) is 0 Å². The van der Waals surface area contributed by atoms with Gasteiger partial charge in [-0.3, -0.25) is 0 Å². The first-order valence-corrected chi connectivity index (χ1v) is 8.66. The minimum absolute atomic E-state index is 0.161. The summed E-state index contributed by atoms with van der Waals surface area (Å²) in [5.74, 6) is 0.776. The van der Waals surface area contributed by atoms with Crippen molar-refractivity contribution in [3.05, 3.63) is 58.4 Å². The van der Waals surface area contributed by atoms with Gasteiger partial charge in [-0.05, 0) is 55.3 Å². The van der Waals surface area contributed by atoms with Crippen LogP contribution >= 0.6 is 11.6 Å². The van der Waals surface area contributed by atoms with Crippen LogP contribution in [0.4, 0.5) is 4.39 Å². The molecule has 2 aromatic carbocycles. The van der Waals surface area contributed by atoms with Crippen molar-refractivity contribution >= 4 is 11.6 Å². The number of ether oxygens (including phenoxy) is 2. The van der Waals surface area contributed by atoms with Crippen molar-refractivity contribution in [3.8, 4) is 11.5 Å². The molecule has 0 aromatic heterocycles. The zero-order valence-corrected chi connectivity index (χ0v) is 15.0. The topological polar surface area (TPSA) is 50.7 Å². The number of hydrogen-bond donors (Lipinski definition) is 2. The van der Waals surface area contributed by atoms with Crippen molar-refractivity contribution in [2.75, 3.05) is 19.8 Å². The van der Waals surface area contributed by atoms with Gasteiger partial charge in [0.1, 0.15) is 12.4 Å². The summed E-state index contributed by atoms with van der Waals surface area (Å²) in [7, 11) is 0. The summed E-state index contributed by atoms with van der Waals surface area (Å²) in [4.78, 5) is 0. The molecule has 4 nitrogen and oxygen atoms in total. The molecule has 136 valence electrons. The SMILES string of the molecule is CCOc1cc(CNCCCO)cc(Cl)c1OCc1ccc(F)cc1. The van der Waals surface area contributed by atoms with Gasteiger partial charge in [-0.1, -0.05) is 23.7 Å². The number of rotatable bonds is 10. The molecule has 0 aliphatic heterocycles. The predicted molar refractivity (Wildman–Crippen MR) is 96.8 cm³/mol. The normalized spacial score (nSPS) is 10.7. The average molecular weight is 368 g/mol. The quantitative estimate of drug-likeness (QED) is 0.625. The standard InChI is InChI=1S/C19H23ClFNO3/c1-2-24-18-11-15(12-22-8-3-9-23)10-17(20)19(18)25-13-14-4-6-16(21)7-5-14/h4-7,10-11,22-23H,2-3,8-9,12-13H2,1H3. The van der Waals surface area contributed by atoms with Crippen LogP contribution in [0.3, 0.4) is 0 Å². The van der Waals surface area contributed by atoms with Crippen LogP contribution in [-0.2, 0) is 13.2 Å². The average Bonchev–Trinajstić information content (AvgIpc) is 2.60. The van der Waals surface area contributed by atoms with Crippen LogP contribution in [0.25, 0.3) is 0 Å². The van der Waals surface area contributed by atoms with Crippen molar-refractivity contribution in [1.82, 2.24) is 5.32 Å². The summed E-state index contributed by atoms with van der Waals surface area (Å²) in [6.07, 6.45) is 0.699. The fourth-order valence-corrected chi connectivity index (χ4v) is 2.59. The van der Waals surface area contributed by atoms with E-state index in [4.69, 9.17) is 26.2 Å². The van der Waals surface area contributed by atoms with E-state index in [0.717, 1.165) is 17.7 Å². The Bertz CT molecular complexity index is 664. The summed E-state index contributed by atoms with van der Waals surface area (Å²) >= 11 is 6.37. The molecule has 0 saturated heterocycles. The van der Waals surface area contributed by atoms with Gasteiger partial charge in [0.2, 0.25) is 0 Å². The Labute approximate surface area is 152 Å². The molecular formula is C19H23ClFNO3. The first-order chi connectivity index (χ1) is 12.1. The third-order valence-corrected chi connectivity index (χ3v) is 3.79. The van der Waals surface area contributed by atoms with Crippen LogP contribution in [0.2, 0.25) is 5.02 Å². The zero-order chi connectivity index (χ0) is 18.1. The zero-order valence-electron chi connectivity index (χ0n) is 14.2. The number of aliphatic hydroxyl groups excluding tert-OH is 1. The number of aliphatic hydroxyl groups is 1. The fourth-order valence-electron chi connectivity index (χ4n) is 2.30. The smallest absolute Gasteiger partial charge is 0.180 e. The Morgan fingerprint density at radius 1 is 1.12 bits per heavy atom. The molecular weight excluding hydrogens is 345 g/mol. The largest absolute Gasteiger partial charge is 0.490 e. The molecule has 0 fully saturated rings. The van der Waals surface area contributed by atoms with E-state index in [9.17, 15) is 4.39 Å². The molecule has 2 N–H and O–H groups in total. The van der Waals surface area contributed by atoms with Crippen molar-refractivity contribution in [2.45, 2.75) is 26.5 Å². The third kappa shape index (κ3) is 6.20. The van der Waals surface area contributed by atoms with Crippen LogP contribution in [-0.4, -0.2) is 24.9 Å². The first kappa shape index (κ1) is 19.5. The molecule has 0 aliphatic carbocycles. The molecule has 0 spiro atoms. The molecule has 0 aliphatic rings. The molecule has 0 heterocycles. The molecule has 25 heavy (non-hydrogen) atoms. The molecule has 0 bridgehead atoms. The lowest BCUT2D eigenvalue weighted by atomic mass is 10.2. The highest BCUT2D eigenvalue weighted by Crippen LogP contribution is 2.37. The highest BCUT2D eigenvalue weighted by Gasteiger charge is 2.13. The Hall–Kier alpha value is -1.82. The molecule has 0 saturated carbocycles. The van der Waals surface area contributed by atoms with Gasteiger partial charge in [0.05, 0.1) is 11.6 Å². The third-order valence-electron chi connectivity index (χ3n) is 3.51. The fraction of sp³-hybridized carbons (Fsp3) is 0.368. The molecule has 0 unspecified atom stereocenters. The van der Waals surface area contributed by atoms with E-state index < -0.39 is 0 Å². The second-order valence-corrected chi connectivity index (χ2v) is 5.91. The lowest BCUT2D eigenvalue weighted by molar-refractivity contribution is 0.269. The van der Waals surface area contributed by atoms with Gasteiger partial charge in [0, 0.05) is 13.2 Å². The Morgan fingerprint density at radius 3 is 2.56 bits per heavy atom. The van der Waals surface area contributed by atoms with Crippen molar-refractivity contribution in [3.63, 3.8) is 0 Å². The minimum atomic E-state index is -0.283. The summed E-state index contributed by atoms with van der Waals surface area (Å²) in [6, 6.07) is 9.85. The van der Waals surface area contributed by atoms with Crippen LogP contribution in [0.5, 0.6) is 11.5 Å². The summed E-state index contributed by atoms with van der Waals surface area (Å²) in [5.41, 5.74) is 1.81. The Balaban J connectivity index is 2.08. The van der Waals surface area contributed by atoms with Gasteiger partial charge in [-0.2, -0.15) is 0 Å². The summed E-state index contributed by atoms with van der Waals surface area (Å²) < 4.78 is 24.4. The molecule has 2 rings (SSSR count). The van der Waals surface area contributed by atoms with Crippen LogP contribution in [0, 0.1) is 5.82 Å². The molecule has 0 atom stereocenters. The molecule has 6 heteroatoms. The maximum absolute atomic E-state index is 13.0. The van der Waals surface area contributed by atoms with E-state index in [-0.39, 0.29) is 19.0 Å². The second-order valence-electron chi connectivity index (χ2n) is 5.51. The summed E-state index contributed by atoms with van der Waals surface area (Å²) in [5, 5.41) is 12.5. The summed E-state index contributed by atoms with van der Waals surface area (Å²) in [6.45, 7) is 4.16. The van der Waals surface area contributed by atoms with Crippen LogP contribution in [0.15, 0.2) is 36.4 Å². The highest BCUT2D eigenvalue weighted by molar-refractivity contribution is 6.32. The van der Waals surface area contributed by atoms with Gasteiger partial charge >= 0.3 is 0 Å². The van der Waals surface area contributed by atoms with E-state index >= 15 is 0 Å². The maximum atomic E-state index is 13.0. The van der Waals surface area contributed by atoms with Crippen molar-refractivity contribution < 1.29 is 19.0 Å². The molecule has 0 amide bonds. The highest BCUT2D eigenvalue weighted by atomic mass is 35.5. The van der Waals surface area contributed by atoms with Crippen molar-refractivity contribution in [1.29, 1.82) is 0 Å². The molecule has 2 aromatic rings. The Kier molecular flexibility index (Phi) is 7.98. The Morgan fingerprint density at radius 2 is 1.88 bits per heavy atom. The van der Waals surface area contributed by atoms with Gasteiger partial charge < -0.3 is 19.9 Å². The van der Waals surface area contributed by atoms with E-state index in [1.165, 1.54) is 12.1 Å². The number of halogens is 2. The maximum Gasteiger partial charge on any atom is 0.180 e. The van der Waals surface area contributed by atoms with Gasteiger partial charge in [-0.15, -0.1) is 0 Å². The number of nitrogens with one attached hydrogen (secondary N) is 1. The number of benzene rings is 2.